The molecule has 0 aliphatic rings. The van der Waals surface area contributed by atoms with E-state index in [0.29, 0.717) is 11.8 Å². The van der Waals surface area contributed by atoms with Crippen LogP contribution in [0.2, 0.25) is 0 Å². The van der Waals surface area contributed by atoms with Gasteiger partial charge in [0.2, 0.25) is 0 Å². The highest BCUT2D eigenvalue weighted by atomic mass is 32.2. The van der Waals surface area contributed by atoms with Crippen LogP contribution < -0.4 is 5.32 Å². The van der Waals surface area contributed by atoms with E-state index in [1.54, 1.807) is 0 Å². The lowest BCUT2D eigenvalue weighted by Crippen LogP contribution is -2.41. The first-order valence-electron chi connectivity index (χ1n) is 5.85. The lowest BCUT2D eigenvalue weighted by molar-refractivity contribution is -0.139. The SMILES string of the molecule is CSCC[C@H](NC(=O)c1cc(C)c(F)cc1F)C(=O)O. The van der Waals surface area contributed by atoms with E-state index in [1.807, 2.05) is 6.26 Å². The van der Waals surface area contributed by atoms with Gasteiger partial charge >= 0.3 is 5.97 Å². The third-order valence-corrected chi connectivity index (χ3v) is 3.35. The number of benzene rings is 1. The Kier molecular flexibility index (Phi) is 5.94. The van der Waals surface area contributed by atoms with Crippen molar-refractivity contribution >= 4 is 23.6 Å². The number of amides is 1. The molecular weight excluding hydrogens is 288 g/mol. The molecule has 0 fully saturated rings. The third kappa shape index (κ3) is 4.19. The minimum absolute atomic E-state index is 0.118. The van der Waals surface area contributed by atoms with Crippen molar-refractivity contribution in [3.05, 3.63) is 34.9 Å². The number of carboxylic acids is 1. The van der Waals surface area contributed by atoms with Crippen LogP contribution in [0, 0.1) is 18.6 Å². The Morgan fingerprint density at radius 1 is 1.35 bits per heavy atom. The number of carboxylic acid groups (broad SMARTS) is 1. The second-order valence-electron chi connectivity index (χ2n) is 4.23. The quantitative estimate of drug-likeness (QED) is 0.845. The monoisotopic (exact) mass is 303 g/mol. The summed E-state index contributed by atoms with van der Waals surface area (Å²) in [6.45, 7) is 1.40. The summed E-state index contributed by atoms with van der Waals surface area (Å²) >= 11 is 1.44. The van der Waals surface area contributed by atoms with Crippen LogP contribution in [0.3, 0.4) is 0 Å². The van der Waals surface area contributed by atoms with Crippen molar-refractivity contribution in [1.29, 1.82) is 0 Å². The van der Waals surface area contributed by atoms with E-state index in [4.69, 9.17) is 5.11 Å². The van der Waals surface area contributed by atoms with Crippen LogP contribution in [-0.2, 0) is 4.79 Å². The molecule has 0 aliphatic carbocycles. The van der Waals surface area contributed by atoms with Crippen molar-refractivity contribution in [3.63, 3.8) is 0 Å². The van der Waals surface area contributed by atoms with Crippen molar-refractivity contribution in [2.24, 2.45) is 0 Å². The van der Waals surface area contributed by atoms with Crippen LogP contribution in [0.4, 0.5) is 8.78 Å². The number of rotatable bonds is 6. The lowest BCUT2D eigenvalue weighted by atomic mass is 10.1. The molecule has 1 aromatic rings. The van der Waals surface area contributed by atoms with Crippen molar-refractivity contribution in [2.75, 3.05) is 12.0 Å². The molecule has 1 aromatic carbocycles. The number of hydrogen-bond donors (Lipinski definition) is 2. The summed E-state index contributed by atoms with van der Waals surface area (Å²) in [5.41, 5.74) is -0.244. The molecule has 110 valence electrons. The standard InChI is InChI=1S/C13H15F2NO3S/c1-7-5-8(10(15)6-9(7)14)12(17)16-11(13(18)19)3-4-20-2/h5-6,11H,3-4H2,1-2H3,(H,16,17)(H,18,19)/t11-/m0/s1. The minimum Gasteiger partial charge on any atom is -0.480 e. The zero-order valence-electron chi connectivity index (χ0n) is 11.1. The van der Waals surface area contributed by atoms with E-state index < -0.39 is 29.6 Å². The van der Waals surface area contributed by atoms with Crippen molar-refractivity contribution in [3.8, 4) is 0 Å². The molecule has 0 aromatic heterocycles. The lowest BCUT2D eigenvalue weighted by Gasteiger charge is -2.14. The number of nitrogens with one attached hydrogen (secondary N) is 1. The largest absolute Gasteiger partial charge is 0.480 e. The molecule has 1 rings (SSSR count). The fraction of sp³-hybridized carbons (Fsp3) is 0.385. The van der Waals surface area contributed by atoms with Crippen molar-refractivity contribution in [1.82, 2.24) is 5.32 Å². The fourth-order valence-electron chi connectivity index (χ4n) is 1.56. The van der Waals surface area contributed by atoms with Gasteiger partial charge in [-0.15, -0.1) is 0 Å². The Labute approximate surface area is 119 Å². The number of thioether (sulfide) groups is 1. The van der Waals surface area contributed by atoms with Crippen LogP contribution in [0.25, 0.3) is 0 Å². The Balaban J connectivity index is 2.89. The van der Waals surface area contributed by atoms with E-state index >= 15 is 0 Å². The predicted octanol–water partition coefficient (Wildman–Crippen LogP) is 2.21. The summed E-state index contributed by atoms with van der Waals surface area (Å²) in [6.07, 6.45) is 2.04. The topological polar surface area (TPSA) is 66.4 Å². The van der Waals surface area contributed by atoms with Crippen LogP contribution in [-0.4, -0.2) is 35.0 Å². The third-order valence-electron chi connectivity index (χ3n) is 2.71. The smallest absolute Gasteiger partial charge is 0.326 e. The van der Waals surface area contributed by atoms with E-state index in [2.05, 4.69) is 5.32 Å². The second-order valence-corrected chi connectivity index (χ2v) is 5.21. The first kappa shape index (κ1) is 16.4. The summed E-state index contributed by atoms with van der Waals surface area (Å²) in [7, 11) is 0. The van der Waals surface area contributed by atoms with Gasteiger partial charge in [-0.05, 0) is 37.0 Å². The highest BCUT2D eigenvalue weighted by Crippen LogP contribution is 2.14. The normalized spacial score (nSPS) is 12.0. The first-order chi connectivity index (χ1) is 9.36. The highest BCUT2D eigenvalue weighted by Gasteiger charge is 2.22. The molecule has 20 heavy (non-hydrogen) atoms. The summed E-state index contributed by atoms with van der Waals surface area (Å²) < 4.78 is 26.6. The van der Waals surface area contributed by atoms with Gasteiger partial charge in [0.05, 0.1) is 5.56 Å². The van der Waals surface area contributed by atoms with Gasteiger partial charge in [0.25, 0.3) is 5.91 Å². The molecule has 4 nitrogen and oxygen atoms in total. The Bertz CT molecular complexity index is 523. The second kappa shape index (κ2) is 7.23. The van der Waals surface area contributed by atoms with Crippen molar-refractivity contribution in [2.45, 2.75) is 19.4 Å². The van der Waals surface area contributed by atoms with Gasteiger partial charge in [-0.3, -0.25) is 4.79 Å². The molecule has 0 radical (unpaired) electrons. The Hall–Kier alpha value is -1.63. The van der Waals surface area contributed by atoms with E-state index in [9.17, 15) is 18.4 Å². The number of carbonyl (C=O) groups is 2. The number of aryl methyl sites for hydroxylation is 1. The van der Waals surface area contributed by atoms with Gasteiger partial charge < -0.3 is 10.4 Å². The summed E-state index contributed by atoms with van der Waals surface area (Å²) in [5, 5.41) is 11.2. The summed E-state index contributed by atoms with van der Waals surface area (Å²) in [6, 6.07) is 0.578. The Morgan fingerprint density at radius 3 is 2.55 bits per heavy atom. The van der Waals surface area contributed by atoms with E-state index in [-0.39, 0.29) is 17.5 Å². The van der Waals surface area contributed by atoms with Crippen LogP contribution in [0.15, 0.2) is 12.1 Å². The van der Waals surface area contributed by atoms with Gasteiger partial charge in [-0.2, -0.15) is 11.8 Å². The molecule has 0 spiro atoms. The molecule has 7 heteroatoms. The van der Waals surface area contributed by atoms with Gasteiger partial charge in [-0.1, -0.05) is 0 Å². The number of hydrogen-bond acceptors (Lipinski definition) is 3. The molecule has 0 saturated carbocycles. The number of halogens is 2. The van der Waals surface area contributed by atoms with Crippen molar-refractivity contribution < 1.29 is 23.5 Å². The van der Waals surface area contributed by atoms with Gasteiger partial charge in [0, 0.05) is 6.07 Å². The zero-order valence-corrected chi connectivity index (χ0v) is 11.9. The number of carbonyl (C=O) groups excluding carboxylic acids is 1. The average Bonchev–Trinajstić information content (AvgIpc) is 2.38. The predicted molar refractivity (Wildman–Crippen MR) is 73.0 cm³/mol. The molecule has 0 aliphatic heterocycles. The molecule has 1 atom stereocenters. The zero-order chi connectivity index (χ0) is 15.3. The van der Waals surface area contributed by atoms with Gasteiger partial charge in [0.1, 0.15) is 17.7 Å². The van der Waals surface area contributed by atoms with E-state index in [0.717, 1.165) is 6.07 Å². The average molecular weight is 303 g/mol. The summed E-state index contributed by atoms with van der Waals surface area (Å²) in [5.74, 6) is -3.27. The van der Waals surface area contributed by atoms with Crippen LogP contribution >= 0.6 is 11.8 Å². The molecule has 2 N–H and O–H groups in total. The summed E-state index contributed by atoms with van der Waals surface area (Å²) in [4.78, 5) is 22.9. The first-order valence-corrected chi connectivity index (χ1v) is 7.24. The molecule has 0 saturated heterocycles. The Morgan fingerprint density at radius 2 is 2.00 bits per heavy atom. The highest BCUT2D eigenvalue weighted by molar-refractivity contribution is 7.98. The number of aliphatic carboxylic acids is 1. The molecule has 0 bridgehead atoms. The van der Waals surface area contributed by atoms with E-state index in [1.165, 1.54) is 18.7 Å². The molecule has 0 unspecified atom stereocenters. The fourth-order valence-corrected chi connectivity index (χ4v) is 2.03. The molecule has 0 heterocycles. The van der Waals surface area contributed by atoms with Crippen LogP contribution in [0.1, 0.15) is 22.3 Å². The molecular formula is C13H15F2NO3S. The maximum Gasteiger partial charge on any atom is 0.326 e. The van der Waals surface area contributed by atoms with Gasteiger partial charge in [-0.25, -0.2) is 13.6 Å². The minimum atomic E-state index is -1.19. The van der Waals surface area contributed by atoms with Gasteiger partial charge in [0.15, 0.2) is 0 Å². The molecule has 1 amide bonds. The maximum atomic E-state index is 13.5. The van der Waals surface area contributed by atoms with Crippen LogP contribution in [0.5, 0.6) is 0 Å². The maximum absolute atomic E-state index is 13.5.